The Kier molecular flexibility index (Phi) is 6.43. The molecule has 1 aliphatic heterocycles. The Hall–Kier alpha value is -4.37. The van der Waals surface area contributed by atoms with Crippen LogP contribution in [0.5, 0.6) is 0 Å². The molecule has 1 saturated heterocycles. The van der Waals surface area contributed by atoms with Crippen molar-refractivity contribution in [2.45, 2.75) is 26.2 Å². The van der Waals surface area contributed by atoms with Crippen molar-refractivity contribution >= 4 is 28.8 Å². The molecule has 186 valence electrons. The van der Waals surface area contributed by atoms with Crippen molar-refractivity contribution < 1.29 is 0 Å². The van der Waals surface area contributed by atoms with E-state index >= 15 is 0 Å². The van der Waals surface area contributed by atoms with Gasteiger partial charge in [0.25, 0.3) is 0 Å². The van der Waals surface area contributed by atoms with E-state index < -0.39 is 0 Å². The molecule has 0 atom stereocenters. The Morgan fingerprint density at radius 1 is 0.919 bits per heavy atom. The number of anilines is 4. The predicted molar refractivity (Wildman–Crippen MR) is 145 cm³/mol. The number of rotatable bonds is 7. The molecule has 0 bridgehead atoms. The van der Waals surface area contributed by atoms with Gasteiger partial charge < -0.3 is 16.0 Å². The van der Waals surface area contributed by atoms with Gasteiger partial charge in [-0.1, -0.05) is 18.2 Å². The largest absolute Gasteiger partial charge is 0.324 e. The molecule has 0 saturated carbocycles. The van der Waals surface area contributed by atoms with Gasteiger partial charge in [-0.15, -0.1) is 5.10 Å². The summed E-state index contributed by atoms with van der Waals surface area (Å²) in [4.78, 5) is 18.4. The van der Waals surface area contributed by atoms with Crippen LogP contribution in [0.3, 0.4) is 0 Å². The van der Waals surface area contributed by atoms with Gasteiger partial charge in [-0.05, 0) is 93.2 Å². The molecule has 37 heavy (non-hydrogen) atoms. The molecule has 6 rings (SSSR count). The van der Waals surface area contributed by atoms with Gasteiger partial charge in [-0.25, -0.2) is 19.5 Å². The number of piperidine rings is 1. The summed E-state index contributed by atoms with van der Waals surface area (Å²) in [6.45, 7) is 4.21. The standard InChI is InChI=1S/C28H29N9/c1-19-4-2-5-23(31-19)26-35-27(24-6-3-17-37(24)36-26)33-25-13-16-30-28(34-25)32-22-9-7-20(8-10-22)18-21-11-14-29-15-12-21/h2-10,13,16-17,21,29H,11-12,14-15,18H2,1H3,(H2,30,32,33,34,35,36). The second-order valence-electron chi connectivity index (χ2n) is 9.40. The first kappa shape index (κ1) is 23.1. The lowest BCUT2D eigenvalue weighted by Gasteiger charge is -2.22. The number of nitrogens with one attached hydrogen (secondary N) is 3. The van der Waals surface area contributed by atoms with Gasteiger partial charge in [-0.3, -0.25) is 0 Å². The Balaban J connectivity index is 1.19. The summed E-state index contributed by atoms with van der Waals surface area (Å²) < 4.78 is 1.79. The lowest BCUT2D eigenvalue weighted by Crippen LogP contribution is -2.28. The van der Waals surface area contributed by atoms with Crippen LogP contribution in [-0.4, -0.2) is 42.6 Å². The fourth-order valence-electron chi connectivity index (χ4n) is 4.68. The number of pyridine rings is 1. The molecule has 5 aromatic rings. The highest BCUT2D eigenvalue weighted by Crippen LogP contribution is 2.24. The topological polar surface area (TPSA) is 105 Å². The summed E-state index contributed by atoms with van der Waals surface area (Å²) in [6, 6.07) is 20.1. The van der Waals surface area contributed by atoms with Crippen LogP contribution in [0, 0.1) is 12.8 Å². The van der Waals surface area contributed by atoms with Crippen LogP contribution >= 0.6 is 0 Å². The number of aromatic nitrogens is 6. The Bertz CT molecular complexity index is 1500. The van der Waals surface area contributed by atoms with E-state index in [9.17, 15) is 0 Å². The SMILES string of the molecule is Cc1cccc(-c2nc(Nc3ccnc(Nc4ccc(CC5CCNCC5)cc4)n3)c3cccn3n2)n1. The average molecular weight is 492 g/mol. The molecule has 0 aliphatic carbocycles. The van der Waals surface area contributed by atoms with Gasteiger partial charge in [-0.2, -0.15) is 4.98 Å². The predicted octanol–water partition coefficient (Wildman–Crippen LogP) is 4.92. The summed E-state index contributed by atoms with van der Waals surface area (Å²) in [5.74, 6) is 3.08. The van der Waals surface area contributed by atoms with E-state index in [1.54, 1.807) is 10.7 Å². The first-order valence-corrected chi connectivity index (χ1v) is 12.7. The van der Waals surface area contributed by atoms with E-state index in [0.29, 0.717) is 29.1 Å². The van der Waals surface area contributed by atoms with Gasteiger partial charge in [0.1, 0.15) is 17.0 Å². The lowest BCUT2D eigenvalue weighted by molar-refractivity contribution is 0.372. The number of fused-ring (bicyclic) bond motifs is 1. The average Bonchev–Trinajstić information content (AvgIpc) is 3.40. The minimum Gasteiger partial charge on any atom is -0.324 e. The zero-order valence-corrected chi connectivity index (χ0v) is 20.7. The molecule has 1 aromatic carbocycles. The normalized spacial score (nSPS) is 14.1. The zero-order valence-electron chi connectivity index (χ0n) is 20.7. The third kappa shape index (κ3) is 5.41. The quantitative estimate of drug-likeness (QED) is 0.295. The van der Waals surface area contributed by atoms with Crippen molar-refractivity contribution in [3.63, 3.8) is 0 Å². The van der Waals surface area contributed by atoms with Crippen molar-refractivity contribution in [3.8, 4) is 11.5 Å². The number of hydrogen-bond donors (Lipinski definition) is 3. The molecule has 0 spiro atoms. The molecule has 3 N–H and O–H groups in total. The van der Waals surface area contributed by atoms with Crippen LogP contribution < -0.4 is 16.0 Å². The minimum absolute atomic E-state index is 0.511. The lowest BCUT2D eigenvalue weighted by atomic mass is 9.91. The fraction of sp³-hybridized carbons (Fsp3) is 0.250. The Morgan fingerprint density at radius 3 is 2.62 bits per heavy atom. The van der Waals surface area contributed by atoms with Crippen LogP contribution in [0.2, 0.25) is 0 Å². The van der Waals surface area contributed by atoms with E-state index in [2.05, 4.69) is 60.3 Å². The highest BCUT2D eigenvalue weighted by atomic mass is 15.3. The Labute approximate surface area is 215 Å². The van der Waals surface area contributed by atoms with Crippen LogP contribution in [-0.2, 0) is 6.42 Å². The summed E-state index contributed by atoms with van der Waals surface area (Å²) in [5.41, 5.74) is 4.79. The maximum atomic E-state index is 4.76. The van der Waals surface area contributed by atoms with Crippen LogP contribution in [0.15, 0.2) is 73.1 Å². The van der Waals surface area contributed by atoms with Crippen LogP contribution in [0.4, 0.5) is 23.3 Å². The van der Waals surface area contributed by atoms with Crippen molar-refractivity contribution in [2.75, 3.05) is 23.7 Å². The molecule has 1 fully saturated rings. The molecule has 0 unspecified atom stereocenters. The molecule has 4 aromatic heterocycles. The highest BCUT2D eigenvalue weighted by Gasteiger charge is 2.14. The summed E-state index contributed by atoms with van der Waals surface area (Å²) in [6.07, 6.45) is 7.24. The maximum absolute atomic E-state index is 4.76. The van der Waals surface area contributed by atoms with E-state index in [4.69, 9.17) is 4.98 Å². The smallest absolute Gasteiger partial charge is 0.229 e. The molecular weight excluding hydrogens is 462 g/mol. The maximum Gasteiger partial charge on any atom is 0.229 e. The molecule has 0 radical (unpaired) electrons. The van der Waals surface area contributed by atoms with E-state index in [1.807, 2.05) is 49.5 Å². The molecule has 9 nitrogen and oxygen atoms in total. The molecular formula is C28H29N9. The molecule has 0 amide bonds. The zero-order chi connectivity index (χ0) is 25.0. The number of nitrogens with zero attached hydrogens (tertiary/aromatic N) is 6. The first-order valence-electron chi connectivity index (χ1n) is 12.7. The van der Waals surface area contributed by atoms with Gasteiger partial charge in [0.05, 0.1) is 0 Å². The third-order valence-electron chi connectivity index (χ3n) is 6.60. The van der Waals surface area contributed by atoms with Gasteiger partial charge in [0.15, 0.2) is 5.82 Å². The third-order valence-corrected chi connectivity index (χ3v) is 6.60. The monoisotopic (exact) mass is 491 g/mol. The van der Waals surface area contributed by atoms with E-state index in [0.717, 1.165) is 42.3 Å². The van der Waals surface area contributed by atoms with Crippen LogP contribution in [0.25, 0.3) is 17.0 Å². The second kappa shape index (κ2) is 10.3. The minimum atomic E-state index is 0.511. The van der Waals surface area contributed by atoms with E-state index in [1.165, 1.54) is 18.4 Å². The van der Waals surface area contributed by atoms with Crippen molar-refractivity contribution in [1.82, 2.24) is 34.9 Å². The van der Waals surface area contributed by atoms with Gasteiger partial charge >= 0.3 is 0 Å². The van der Waals surface area contributed by atoms with E-state index in [-0.39, 0.29) is 0 Å². The Morgan fingerprint density at radius 2 is 1.78 bits per heavy atom. The van der Waals surface area contributed by atoms with Crippen molar-refractivity contribution in [3.05, 3.63) is 84.3 Å². The molecule has 5 heterocycles. The summed E-state index contributed by atoms with van der Waals surface area (Å²) in [7, 11) is 0. The van der Waals surface area contributed by atoms with Gasteiger partial charge in [0, 0.05) is 23.8 Å². The number of benzene rings is 1. The van der Waals surface area contributed by atoms with Crippen LogP contribution in [0.1, 0.15) is 24.1 Å². The number of hydrogen-bond acceptors (Lipinski definition) is 8. The van der Waals surface area contributed by atoms with Crippen molar-refractivity contribution in [1.29, 1.82) is 0 Å². The molecule has 9 heteroatoms. The van der Waals surface area contributed by atoms with Gasteiger partial charge in [0.2, 0.25) is 11.8 Å². The fourth-order valence-corrected chi connectivity index (χ4v) is 4.68. The summed E-state index contributed by atoms with van der Waals surface area (Å²) in [5, 5.41) is 14.7. The highest BCUT2D eigenvalue weighted by molar-refractivity contribution is 5.74. The first-order chi connectivity index (χ1) is 18.2. The number of aryl methyl sites for hydroxylation is 1. The second-order valence-corrected chi connectivity index (χ2v) is 9.40. The molecule has 1 aliphatic rings. The summed E-state index contributed by atoms with van der Waals surface area (Å²) >= 11 is 0. The van der Waals surface area contributed by atoms with Crippen molar-refractivity contribution in [2.24, 2.45) is 5.92 Å².